The molecule has 1 aliphatic rings. The Hall–Kier alpha value is -2.08. The highest BCUT2D eigenvalue weighted by Gasteiger charge is 2.20. The van der Waals surface area contributed by atoms with E-state index in [9.17, 15) is 0 Å². The van der Waals surface area contributed by atoms with Crippen LogP contribution in [0.4, 0.5) is 5.82 Å². The molecule has 0 bridgehead atoms. The number of anilines is 1. The Morgan fingerprint density at radius 1 is 1.29 bits per heavy atom. The topological polar surface area (TPSA) is 64.0 Å². The molecule has 0 spiro atoms. The first kappa shape index (κ1) is 13.9. The van der Waals surface area contributed by atoms with E-state index in [1.165, 1.54) is 0 Å². The number of aryl methyl sites for hydroxylation is 1. The van der Waals surface area contributed by atoms with E-state index in [-0.39, 0.29) is 0 Å². The Balaban J connectivity index is 1.70. The summed E-state index contributed by atoms with van der Waals surface area (Å²) in [6.07, 6.45) is 5.89. The zero-order valence-corrected chi connectivity index (χ0v) is 12.1. The Morgan fingerprint density at radius 3 is 3.05 bits per heavy atom. The summed E-state index contributed by atoms with van der Waals surface area (Å²) in [5.41, 5.74) is 2.07. The second kappa shape index (κ2) is 6.58. The average Bonchev–Trinajstić information content (AvgIpc) is 2.74. The molecule has 0 aliphatic carbocycles. The monoisotopic (exact) mass is 285 g/mol. The standard InChI is InChI=1S/C15H19N5O/c1-12-6-14(18-11-17-12)7-13-8-20(4-5-21-9-13)15-2-3-16-10-19-15/h2-3,6,10-11,13H,4-5,7-9H2,1H3/t13-/m0/s1. The highest BCUT2D eigenvalue weighted by molar-refractivity contribution is 5.36. The lowest BCUT2D eigenvalue weighted by Gasteiger charge is -2.24. The number of hydrogen-bond acceptors (Lipinski definition) is 6. The van der Waals surface area contributed by atoms with Gasteiger partial charge in [-0.05, 0) is 25.5 Å². The molecule has 110 valence electrons. The molecule has 2 aromatic rings. The van der Waals surface area contributed by atoms with Crippen LogP contribution in [0.3, 0.4) is 0 Å². The zero-order chi connectivity index (χ0) is 14.5. The van der Waals surface area contributed by atoms with Crippen molar-refractivity contribution >= 4 is 5.82 Å². The molecule has 0 amide bonds. The molecule has 0 aromatic carbocycles. The van der Waals surface area contributed by atoms with Crippen molar-refractivity contribution in [3.8, 4) is 0 Å². The van der Waals surface area contributed by atoms with Crippen LogP contribution in [0, 0.1) is 12.8 Å². The highest BCUT2D eigenvalue weighted by Crippen LogP contribution is 2.17. The number of ether oxygens (including phenoxy) is 1. The third-order valence-corrected chi connectivity index (χ3v) is 3.59. The summed E-state index contributed by atoms with van der Waals surface area (Å²) < 4.78 is 5.73. The van der Waals surface area contributed by atoms with Crippen LogP contribution in [-0.4, -0.2) is 46.2 Å². The van der Waals surface area contributed by atoms with E-state index in [2.05, 4.69) is 24.8 Å². The van der Waals surface area contributed by atoms with Gasteiger partial charge in [0.05, 0.1) is 13.2 Å². The molecule has 0 unspecified atom stereocenters. The van der Waals surface area contributed by atoms with E-state index < -0.39 is 0 Å². The van der Waals surface area contributed by atoms with Crippen molar-refractivity contribution in [2.75, 3.05) is 31.2 Å². The van der Waals surface area contributed by atoms with E-state index in [1.807, 2.05) is 19.1 Å². The smallest absolute Gasteiger partial charge is 0.131 e. The van der Waals surface area contributed by atoms with Crippen LogP contribution in [-0.2, 0) is 11.2 Å². The molecule has 3 rings (SSSR count). The van der Waals surface area contributed by atoms with Gasteiger partial charge in [0.2, 0.25) is 0 Å². The lowest BCUT2D eigenvalue weighted by Crippen LogP contribution is -2.31. The molecule has 6 nitrogen and oxygen atoms in total. The molecule has 0 radical (unpaired) electrons. The van der Waals surface area contributed by atoms with Gasteiger partial charge < -0.3 is 9.64 Å². The highest BCUT2D eigenvalue weighted by atomic mass is 16.5. The first-order valence-electron chi connectivity index (χ1n) is 7.17. The number of hydrogen-bond donors (Lipinski definition) is 0. The zero-order valence-electron chi connectivity index (χ0n) is 12.1. The summed E-state index contributed by atoms with van der Waals surface area (Å²) in [5, 5.41) is 0. The Morgan fingerprint density at radius 2 is 2.24 bits per heavy atom. The quantitative estimate of drug-likeness (QED) is 0.846. The fraction of sp³-hybridized carbons (Fsp3) is 0.467. The summed E-state index contributed by atoms with van der Waals surface area (Å²) in [5.74, 6) is 1.36. The summed E-state index contributed by atoms with van der Waals surface area (Å²) >= 11 is 0. The van der Waals surface area contributed by atoms with Gasteiger partial charge in [0, 0.05) is 36.6 Å². The van der Waals surface area contributed by atoms with Crippen molar-refractivity contribution in [1.82, 2.24) is 19.9 Å². The Bertz CT molecular complexity index is 577. The third-order valence-electron chi connectivity index (χ3n) is 3.59. The minimum Gasteiger partial charge on any atom is -0.379 e. The van der Waals surface area contributed by atoms with Crippen molar-refractivity contribution in [1.29, 1.82) is 0 Å². The normalized spacial score (nSPS) is 19.3. The molecular formula is C15H19N5O. The molecule has 2 aromatic heterocycles. The molecule has 21 heavy (non-hydrogen) atoms. The van der Waals surface area contributed by atoms with Crippen molar-refractivity contribution in [3.63, 3.8) is 0 Å². The lowest BCUT2D eigenvalue weighted by molar-refractivity contribution is 0.123. The average molecular weight is 285 g/mol. The third kappa shape index (κ3) is 3.72. The van der Waals surface area contributed by atoms with Crippen LogP contribution in [0.2, 0.25) is 0 Å². The fourth-order valence-corrected chi connectivity index (χ4v) is 2.60. The van der Waals surface area contributed by atoms with E-state index in [0.717, 1.165) is 49.9 Å². The van der Waals surface area contributed by atoms with Gasteiger partial charge in [-0.1, -0.05) is 0 Å². The number of nitrogens with zero attached hydrogens (tertiary/aromatic N) is 5. The lowest BCUT2D eigenvalue weighted by atomic mass is 10.0. The molecule has 6 heteroatoms. The van der Waals surface area contributed by atoms with Crippen LogP contribution in [0.1, 0.15) is 11.4 Å². The predicted molar refractivity (Wildman–Crippen MR) is 79.0 cm³/mol. The number of aromatic nitrogens is 4. The van der Waals surface area contributed by atoms with Gasteiger partial charge in [-0.2, -0.15) is 0 Å². The molecule has 3 heterocycles. The van der Waals surface area contributed by atoms with Gasteiger partial charge in [-0.3, -0.25) is 0 Å². The van der Waals surface area contributed by atoms with Crippen LogP contribution in [0.5, 0.6) is 0 Å². The molecule has 1 saturated heterocycles. The second-order valence-corrected chi connectivity index (χ2v) is 5.31. The van der Waals surface area contributed by atoms with Crippen molar-refractivity contribution in [2.45, 2.75) is 13.3 Å². The first-order chi connectivity index (χ1) is 10.3. The summed E-state index contributed by atoms with van der Waals surface area (Å²) in [6, 6.07) is 3.98. The second-order valence-electron chi connectivity index (χ2n) is 5.31. The van der Waals surface area contributed by atoms with E-state index in [4.69, 9.17) is 4.74 Å². The van der Waals surface area contributed by atoms with Crippen LogP contribution in [0.15, 0.2) is 31.0 Å². The first-order valence-corrected chi connectivity index (χ1v) is 7.17. The van der Waals surface area contributed by atoms with E-state index >= 15 is 0 Å². The van der Waals surface area contributed by atoms with Gasteiger partial charge in [-0.25, -0.2) is 19.9 Å². The van der Waals surface area contributed by atoms with Crippen LogP contribution < -0.4 is 4.90 Å². The van der Waals surface area contributed by atoms with Crippen molar-refractivity contribution < 1.29 is 4.74 Å². The van der Waals surface area contributed by atoms with Gasteiger partial charge >= 0.3 is 0 Å². The minimum absolute atomic E-state index is 0.400. The van der Waals surface area contributed by atoms with Gasteiger partial charge in [0.1, 0.15) is 18.5 Å². The maximum atomic E-state index is 5.73. The van der Waals surface area contributed by atoms with Gasteiger partial charge in [0.15, 0.2) is 0 Å². The molecule has 0 N–H and O–H groups in total. The molecule has 1 fully saturated rings. The van der Waals surface area contributed by atoms with Crippen molar-refractivity contribution in [2.24, 2.45) is 5.92 Å². The maximum Gasteiger partial charge on any atom is 0.131 e. The van der Waals surface area contributed by atoms with Crippen LogP contribution >= 0.6 is 0 Å². The van der Waals surface area contributed by atoms with Crippen molar-refractivity contribution in [3.05, 3.63) is 42.4 Å². The maximum absolute atomic E-state index is 5.73. The molecule has 1 atom stereocenters. The van der Waals surface area contributed by atoms with E-state index in [0.29, 0.717) is 5.92 Å². The molecular weight excluding hydrogens is 266 g/mol. The van der Waals surface area contributed by atoms with E-state index in [1.54, 1.807) is 18.9 Å². The Kier molecular flexibility index (Phi) is 4.35. The fourth-order valence-electron chi connectivity index (χ4n) is 2.60. The molecule has 1 aliphatic heterocycles. The van der Waals surface area contributed by atoms with Crippen LogP contribution in [0.25, 0.3) is 0 Å². The summed E-state index contributed by atoms with van der Waals surface area (Å²) in [4.78, 5) is 19.1. The Labute approximate surface area is 124 Å². The minimum atomic E-state index is 0.400. The largest absolute Gasteiger partial charge is 0.379 e. The van der Waals surface area contributed by atoms with Gasteiger partial charge in [-0.15, -0.1) is 0 Å². The predicted octanol–water partition coefficient (Wildman–Crippen LogP) is 1.27. The summed E-state index contributed by atoms with van der Waals surface area (Å²) in [7, 11) is 0. The summed E-state index contributed by atoms with van der Waals surface area (Å²) in [6.45, 7) is 5.24. The number of rotatable bonds is 3. The van der Waals surface area contributed by atoms with Gasteiger partial charge in [0.25, 0.3) is 0 Å². The molecule has 0 saturated carbocycles. The SMILES string of the molecule is Cc1cc(C[C@@H]2COCCN(c3ccncn3)C2)ncn1.